The quantitative estimate of drug-likeness (QED) is 0.888. The minimum absolute atomic E-state index is 0.368. The first-order valence-corrected chi connectivity index (χ1v) is 6.61. The van der Waals surface area contributed by atoms with Crippen molar-refractivity contribution < 1.29 is 9.90 Å². The number of carboxylic acids is 1. The SMILES string of the molecule is Cc1cccc(C)c1C[C@H](C(=O)O)N1CCCC1. The molecule has 3 heteroatoms. The van der Waals surface area contributed by atoms with Crippen LogP contribution in [0.15, 0.2) is 18.2 Å². The second-order valence-electron chi connectivity index (χ2n) is 5.17. The van der Waals surface area contributed by atoms with E-state index in [2.05, 4.69) is 30.9 Å². The maximum absolute atomic E-state index is 11.5. The molecule has 1 heterocycles. The molecule has 0 aromatic heterocycles. The Hall–Kier alpha value is -1.35. The van der Waals surface area contributed by atoms with Crippen molar-refractivity contribution in [1.82, 2.24) is 4.90 Å². The number of carbonyl (C=O) groups is 1. The summed E-state index contributed by atoms with van der Waals surface area (Å²) >= 11 is 0. The molecule has 1 fully saturated rings. The summed E-state index contributed by atoms with van der Waals surface area (Å²) in [5, 5.41) is 9.44. The molecule has 18 heavy (non-hydrogen) atoms. The third-order valence-corrected chi connectivity index (χ3v) is 3.91. The standard InChI is InChI=1S/C15H21NO2/c1-11-6-5-7-12(2)13(11)10-14(15(17)18)16-8-3-4-9-16/h5-7,14H,3-4,8-10H2,1-2H3,(H,17,18)/t14-/m1/s1. The molecule has 0 amide bonds. The highest BCUT2D eigenvalue weighted by atomic mass is 16.4. The molecular formula is C15H21NO2. The van der Waals surface area contributed by atoms with Gasteiger partial charge in [-0.15, -0.1) is 0 Å². The molecule has 0 radical (unpaired) electrons. The minimum atomic E-state index is -0.695. The van der Waals surface area contributed by atoms with E-state index >= 15 is 0 Å². The Bertz CT molecular complexity index is 416. The lowest BCUT2D eigenvalue weighted by Gasteiger charge is -2.25. The maximum Gasteiger partial charge on any atom is 0.321 e. The third-order valence-electron chi connectivity index (χ3n) is 3.91. The number of nitrogens with zero attached hydrogens (tertiary/aromatic N) is 1. The van der Waals surface area contributed by atoms with Crippen LogP contribution in [0.3, 0.4) is 0 Å². The largest absolute Gasteiger partial charge is 0.480 e. The van der Waals surface area contributed by atoms with Crippen LogP contribution in [0.5, 0.6) is 0 Å². The van der Waals surface area contributed by atoms with Gasteiger partial charge in [-0.2, -0.15) is 0 Å². The molecule has 1 aliphatic heterocycles. The Kier molecular flexibility index (Phi) is 4.02. The van der Waals surface area contributed by atoms with Crippen LogP contribution in [0.25, 0.3) is 0 Å². The molecule has 2 rings (SSSR count). The van der Waals surface area contributed by atoms with Crippen LogP contribution in [0.4, 0.5) is 0 Å². The van der Waals surface area contributed by atoms with Gasteiger partial charge in [-0.3, -0.25) is 9.69 Å². The molecule has 0 bridgehead atoms. The fourth-order valence-electron chi connectivity index (χ4n) is 2.79. The van der Waals surface area contributed by atoms with E-state index in [1.807, 2.05) is 6.07 Å². The first-order valence-electron chi connectivity index (χ1n) is 6.61. The van der Waals surface area contributed by atoms with Crippen molar-refractivity contribution in [3.63, 3.8) is 0 Å². The zero-order valence-corrected chi connectivity index (χ0v) is 11.1. The number of likely N-dealkylation sites (tertiary alicyclic amines) is 1. The summed E-state index contributed by atoms with van der Waals surface area (Å²) < 4.78 is 0. The average Bonchev–Trinajstić information content (AvgIpc) is 2.81. The highest BCUT2D eigenvalue weighted by molar-refractivity contribution is 5.74. The van der Waals surface area contributed by atoms with E-state index in [1.54, 1.807) is 0 Å². The van der Waals surface area contributed by atoms with Crippen LogP contribution < -0.4 is 0 Å². The Morgan fingerprint density at radius 3 is 2.33 bits per heavy atom. The van der Waals surface area contributed by atoms with Gasteiger partial charge in [-0.25, -0.2) is 0 Å². The molecule has 1 aromatic rings. The number of hydrogen-bond donors (Lipinski definition) is 1. The smallest absolute Gasteiger partial charge is 0.321 e. The van der Waals surface area contributed by atoms with Crippen LogP contribution >= 0.6 is 0 Å². The molecule has 1 aromatic carbocycles. The van der Waals surface area contributed by atoms with Crippen molar-refractivity contribution in [1.29, 1.82) is 0 Å². The van der Waals surface area contributed by atoms with Gasteiger partial charge >= 0.3 is 5.97 Å². The molecule has 0 aliphatic carbocycles. The predicted molar refractivity (Wildman–Crippen MR) is 71.9 cm³/mol. The number of aliphatic carboxylic acids is 1. The van der Waals surface area contributed by atoms with E-state index in [9.17, 15) is 9.90 Å². The van der Waals surface area contributed by atoms with E-state index in [0.29, 0.717) is 6.42 Å². The van der Waals surface area contributed by atoms with Crippen molar-refractivity contribution in [2.75, 3.05) is 13.1 Å². The van der Waals surface area contributed by atoms with Gasteiger partial charge in [0, 0.05) is 0 Å². The van der Waals surface area contributed by atoms with Crippen LogP contribution in [0.1, 0.15) is 29.5 Å². The highest BCUT2D eigenvalue weighted by Crippen LogP contribution is 2.20. The van der Waals surface area contributed by atoms with Crippen LogP contribution in [0.2, 0.25) is 0 Å². The molecule has 0 spiro atoms. The summed E-state index contributed by atoms with van der Waals surface area (Å²) in [6.45, 7) is 5.96. The Labute approximate surface area is 108 Å². The number of carboxylic acid groups (broad SMARTS) is 1. The zero-order valence-electron chi connectivity index (χ0n) is 11.1. The van der Waals surface area contributed by atoms with Crippen molar-refractivity contribution in [3.05, 3.63) is 34.9 Å². The lowest BCUT2D eigenvalue weighted by molar-refractivity contribution is -0.142. The van der Waals surface area contributed by atoms with E-state index in [0.717, 1.165) is 25.9 Å². The van der Waals surface area contributed by atoms with Crippen molar-refractivity contribution in [3.8, 4) is 0 Å². The molecule has 0 saturated carbocycles. The average molecular weight is 247 g/mol. The molecule has 1 aliphatic rings. The lowest BCUT2D eigenvalue weighted by Crippen LogP contribution is -2.41. The first kappa shape index (κ1) is 13.1. The normalized spacial score (nSPS) is 17.9. The Morgan fingerprint density at radius 2 is 1.83 bits per heavy atom. The molecule has 1 atom stereocenters. The van der Waals surface area contributed by atoms with Gasteiger partial charge in [0.15, 0.2) is 0 Å². The van der Waals surface area contributed by atoms with Crippen LogP contribution in [-0.4, -0.2) is 35.1 Å². The molecular weight excluding hydrogens is 226 g/mol. The Morgan fingerprint density at radius 1 is 1.28 bits per heavy atom. The van der Waals surface area contributed by atoms with Gasteiger partial charge in [0.1, 0.15) is 6.04 Å². The summed E-state index contributed by atoms with van der Waals surface area (Å²) in [6, 6.07) is 5.78. The Balaban J connectivity index is 2.20. The van der Waals surface area contributed by atoms with Gasteiger partial charge in [0.05, 0.1) is 0 Å². The number of aryl methyl sites for hydroxylation is 2. The van der Waals surface area contributed by atoms with Gasteiger partial charge in [0.25, 0.3) is 0 Å². The highest BCUT2D eigenvalue weighted by Gasteiger charge is 2.28. The summed E-state index contributed by atoms with van der Waals surface area (Å²) in [5.41, 5.74) is 3.58. The zero-order chi connectivity index (χ0) is 13.1. The second kappa shape index (κ2) is 5.53. The molecule has 98 valence electrons. The van der Waals surface area contributed by atoms with Crippen molar-refractivity contribution in [2.45, 2.75) is 39.2 Å². The topological polar surface area (TPSA) is 40.5 Å². The summed E-state index contributed by atoms with van der Waals surface area (Å²) in [7, 11) is 0. The van der Waals surface area contributed by atoms with Gasteiger partial charge in [0.2, 0.25) is 0 Å². The van der Waals surface area contributed by atoms with E-state index in [-0.39, 0.29) is 6.04 Å². The third kappa shape index (κ3) is 2.72. The van der Waals surface area contributed by atoms with Crippen molar-refractivity contribution in [2.24, 2.45) is 0 Å². The molecule has 3 nitrogen and oxygen atoms in total. The predicted octanol–water partition coefficient (Wildman–Crippen LogP) is 2.39. The van der Waals surface area contributed by atoms with Crippen LogP contribution in [0, 0.1) is 13.8 Å². The molecule has 0 unspecified atom stereocenters. The number of hydrogen-bond acceptors (Lipinski definition) is 2. The van der Waals surface area contributed by atoms with E-state index < -0.39 is 5.97 Å². The first-order chi connectivity index (χ1) is 8.59. The van der Waals surface area contributed by atoms with Crippen molar-refractivity contribution >= 4 is 5.97 Å². The molecule has 1 N–H and O–H groups in total. The molecule has 1 saturated heterocycles. The fraction of sp³-hybridized carbons (Fsp3) is 0.533. The van der Waals surface area contributed by atoms with E-state index in [4.69, 9.17) is 0 Å². The van der Waals surface area contributed by atoms with E-state index in [1.165, 1.54) is 16.7 Å². The summed E-state index contributed by atoms with van der Waals surface area (Å²) in [4.78, 5) is 13.6. The fourth-order valence-corrected chi connectivity index (χ4v) is 2.79. The van der Waals surface area contributed by atoms with Gasteiger partial charge in [-0.05, 0) is 62.9 Å². The lowest BCUT2D eigenvalue weighted by atomic mass is 9.96. The number of benzene rings is 1. The maximum atomic E-state index is 11.5. The minimum Gasteiger partial charge on any atom is -0.480 e. The number of rotatable bonds is 4. The summed E-state index contributed by atoms with van der Waals surface area (Å²) in [5.74, 6) is -0.695. The van der Waals surface area contributed by atoms with Gasteiger partial charge in [-0.1, -0.05) is 18.2 Å². The van der Waals surface area contributed by atoms with Gasteiger partial charge < -0.3 is 5.11 Å². The van der Waals surface area contributed by atoms with Crippen LogP contribution in [-0.2, 0) is 11.2 Å². The second-order valence-corrected chi connectivity index (χ2v) is 5.17. The summed E-state index contributed by atoms with van der Waals surface area (Å²) in [6.07, 6.45) is 2.86. The monoisotopic (exact) mass is 247 g/mol.